The molecule has 0 atom stereocenters. The van der Waals surface area contributed by atoms with E-state index in [9.17, 15) is 4.79 Å². The largest absolute Gasteiger partial charge is 0.273 e. The molecule has 3 nitrogen and oxygen atoms in total. The SMILES string of the molecule is CC1=NN(c2ccc(Br)cc2)C(=O)CC1. The highest BCUT2D eigenvalue weighted by molar-refractivity contribution is 9.10. The molecule has 0 unspecified atom stereocenters. The van der Waals surface area contributed by atoms with Crippen LogP contribution in [0.3, 0.4) is 0 Å². The van der Waals surface area contributed by atoms with E-state index in [4.69, 9.17) is 0 Å². The molecule has 0 saturated carbocycles. The molecular formula is C11H11BrN2O. The quantitative estimate of drug-likeness (QED) is 0.769. The van der Waals surface area contributed by atoms with Crippen LogP contribution in [0.1, 0.15) is 19.8 Å². The van der Waals surface area contributed by atoms with Crippen molar-refractivity contribution in [1.82, 2.24) is 0 Å². The van der Waals surface area contributed by atoms with E-state index in [0.29, 0.717) is 6.42 Å². The first kappa shape index (κ1) is 10.4. The third-order valence-corrected chi connectivity index (χ3v) is 2.81. The summed E-state index contributed by atoms with van der Waals surface area (Å²) in [6.07, 6.45) is 1.32. The summed E-state index contributed by atoms with van der Waals surface area (Å²) in [5.74, 6) is 0.0583. The van der Waals surface area contributed by atoms with Gasteiger partial charge in [0.05, 0.1) is 5.69 Å². The second kappa shape index (κ2) is 4.14. The predicted octanol–water partition coefficient (Wildman–Crippen LogP) is 2.95. The zero-order chi connectivity index (χ0) is 10.8. The Balaban J connectivity index is 2.33. The Labute approximate surface area is 96.9 Å². The van der Waals surface area contributed by atoms with Crippen molar-refractivity contribution in [2.24, 2.45) is 5.10 Å². The smallest absolute Gasteiger partial charge is 0.247 e. The first-order valence-electron chi connectivity index (χ1n) is 4.79. The van der Waals surface area contributed by atoms with E-state index >= 15 is 0 Å². The first-order chi connectivity index (χ1) is 7.16. The lowest BCUT2D eigenvalue weighted by atomic mass is 10.2. The molecule has 4 heteroatoms. The number of hydrogen-bond acceptors (Lipinski definition) is 2. The standard InChI is InChI=1S/C11H11BrN2O/c1-8-2-7-11(15)14(13-8)10-5-3-9(12)4-6-10/h3-6H,2,7H2,1H3. The van der Waals surface area contributed by atoms with Crippen molar-refractivity contribution in [2.45, 2.75) is 19.8 Å². The molecule has 0 spiro atoms. The minimum atomic E-state index is 0.0583. The second-order valence-electron chi connectivity index (χ2n) is 3.52. The van der Waals surface area contributed by atoms with E-state index in [2.05, 4.69) is 21.0 Å². The molecule has 0 fully saturated rings. The van der Waals surface area contributed by atoms with Crippen LogP contribution in [0.25, 0.3) is 0 Å². The number of halogens is 1. The van der Waals surface area contributed by atoms with Crippen LogP contribution in [0.5, 0.6) is 0 Å². The molecule has 1 aromatic rings. The van der Waals surface area contributed by atoms with Crippen molar-refractivity contribution in [1.29, 1.82) is 0 Å². The van der Waals surface area contributed by atoms with Gasteiger partial charge < -0.3 is 0 Å². The van der Waals surface area contributed by atoms with Crippen LogP contribution in [-0.4, -0.2) is 11.6 Å². The summed E-state index contributed by atoms with van der Waals surface area (Å²) in [5.41, 5.74) is 1.82. The molecule has 1 aromatic carbocycles. The van der Waals surface area contributed by atoms with Crippen LogP contribution in [0.15, 0.2) is 33.8 Å². The number of nitrogens with zero attached hydrogens (tertiary/aromatic N) is 2. The van der Waals surface area contributed by atoms with Crippen LogP contribution >= 0.6 is 15.9 Å². The van der Waals surface area contributed by atoms with Gasteiger partial charge in [0.2, 0.25) is 5.91 Å². The summed E-state index contributed by atoms with van der Waals surface area (Å²) in [6.45, 7) is 1.94. The van der Waals surface area contributed by atoms with E-state index < -0.39 is 0 Å². The van der Waals surface area contributed by atoms with Gasteiger partial charge in [-0.05, 0) is 37.6 Å². The summed E-state index contributed by atoms with van der Waals surface area (Å²) in [5, 5.41) is 5.73. The molecule has 0 bridgehead atoms. The molecule has 15 heavy (non-hydrogen) atoms. The minimum Gasteiger partial charge on any atom is -0.273 e. The minimum absolute atomic E-state index is 0.0583. The first-order valence-corrected chi connectivity index (χ1v) is 5.59. The molecule has 78 valence electrons. The molecule has 2 rings (SSSR count). The van der Waals surface area contributed by atoms with Crippen molar-refractivity contribution < 1.29 is 4.79 Å². The van der Waals surface area contributed by atoms with Gasteiger partial charge in [-0.25, -0.2) is 5.01 Å². The van der Waals surface area contributed by atoms with Crippen molar-refractivity contribution in [3.63, 3.8) is 0 Å². The van der Waals surface area contributed by atoms with Gasteiger partial charge in [0.1, 0.15) is 0 Å². The second-order valence-corrected chi connectivity index (χ2v) is 4.43. The number of carbonyl (C=O) groups is 1. The van der Waals surface area contributed by atoms with Crippen molar-refractivity contribution in [3.8, 4) is 0 Å². The maximum absolute atomic E-state index is 11.6. The van der Waals surface area contributed by atoms with Crippen molar-refractivity contribution in [3.05, 3.63) is 28.7 Å². The molecule has 0 N–H and O–H groups in total. The van der Waals surface area contributed by atoms with E-state index in [1.807, 2.05) is 31.2 Å². The number of amides is 1. The Hall–Kier alpha value is -1.16. The average molecular weight is 267 g/mol. The van der Waals surface area contributed by atoms with Gasteiger partial charge in [0.15, 0.2) is 0 Å². The molecule has 1 aliphatic rings. The Morgan fingerprint density at radius 2 is 1.93 bits per heavy atom. The van der Waals surface area contributed by atoms with E-state index in [0.717, 1.165) is 22.3 Å². The lowest BCUT2D eigenvalue weighted by molar-refractivity contribution is -0.118. The fraction of sp³-hybridized carbons (Fsp3) is 0.273. The van der Waals surface area contributed by atoms with Crippen molar-refractivity contribution >= 4 is 33.2 Å². The summed E-state index contributed by atoms with van der Waals surface area (Å²) in [6, 6.07) is 7.57. The van der Waals surface area contributed by atoms with Gasteiger partial charge in [-0.2, -0.15) is 5.10 Å². The topological polar surface area (TPSA) is 32.7 Å². The van der Waals surface area contributed by atoms with Gasteiger partial charge >= 0.3 is 0 Å². The number of carbonyl (C=O) groups excluding carboxylic acids is 1. The van der Waals surface area contributed by atoms with Gasteiger partial charge in [-0.15, -0.1) is 0 Å². The number of rotatable bonds is 1. The highest BCUT2D eigenvalue weighted by atomic mass is 79.9. The molecule has 0 saturated heterocycles. The van der Waals surface area contributed by atoms with E-state index in [1.54, 1.807) is 0 Å². The Bertz CT molecular complexity index is 411. The lowest BCUT2D eigenvalue weighted by Gasteiger charge is -2.22. The zero-order valence-electron chi connectivity index (χ0n) is 8.40. The molecule has 0 aliphatic carbocycles. The van der Waals surface area contributed by atoms with Crippen LogP contribution in [0, 0.1) is 0 Å². The zero-order valence-corrected chi connectivity index (χ0v) is 9.99. The van der Waals surface area contributed by atoms with E-state index in [1.165, 1.54) is 5.01 Å². The lowest BCUT2D eigenvalue weighted by Crippen LogP contribution is -2.30. The Morgan fingerprint density at radius 3 is 2.60 bits per heavy atom. The molecule has 1 amide bonds. The number of benzene rings is 1. The van der Waals surface area contributed by atoms with Crippen LogP contribution in [0.2, 0.25) is 0 Å². The maximum Gasteiger partial charge on any atom is 0.247 e. The predicted molar refractivity (Wildman–Crippen MR) is 64.0 cm³/mol. The summed E-state index contributed by atoms with van der Waals surface area (Å²) in [7, 11) is 0. The maximum atomic E-state index is 11.6. The number of hydrogen-bond donors (Lipinski definition) is 0. The number of hydrazone groups is 1. The van der Waals surface area contributed by atoms with Gasteiger partial charge in [0, 0.05) is 16.6 Å². The summed E-state index contributed by atoms with van der Waals surface area (Å²) < 4.78 is 0.997. The normalized spacial score (nSPS) is 16.5. The van der Waals surface area contributed by atoms with Gasteiger partial charge in [-0.1, -0.05) is 15.9 Å². The molecule has 1 heterocycles. The Kier molecular flexibility index (Phi) is 2.86. The fourth-order valence-corrected chi connectivity index (χ4v) is 1.72. The molecule has 0 radical (unpaired) electrons. The molecule has 0 aromatic heterocycles. The molecular weight excluding hydrogens is 256 g/mol. The number of anilines is 1. The molecule has 1 aliphatic heterocycles. The van der Waals surface area contributed by atoms with Gasteiger partial charge in [-0.3, -0.25) is 4.79 Å². The van der Waals surface area contributed by atoms with Crippen molar-refractivity contribution in [2.75, 3.05) is 5.01 Å². The fourth-order valence-electron chi connectivity index (χ4n) is 1.45. The summed E-state index contributed by atoms with van der Waals surface area (Å²) >= 11 is 3.36. The highest BCUT2D eigenvalue weighted by Gasteiger charge is 2.19. The van der Waals surface area contributed by atoms with Gasteiger partial charge in [0.25, 0.3) is 0 Å². The third kappa shape index (κ3) is 2.26. The highest BCUT2D eigenvalue weighted by Crippen LogP contribution is 2.22. The van der Waals surface area contributed by atoms with E-state index in [-0.39, 0.29) is 5.91 Å². The monoisotopic (exact) mass is 266 g/mol. The third-order valence-electron chi connectivity index (χ3n) is 2.28. The Morgan fingerprint density at radius 1 is 1.27 bits per heavy atom. The average Bonchev–Trinajstić information content (AvgIpc) is 2.23. The van der Waals surface area contributed by atoms with Crippen LogP contribution < -0.4 is 5.01 Å². The summed E-state index contributed by atoms with van der Waals surface area (Å²) in [4.78, 5) is 11.6. The van der Waals surface area contributed by atoms with Crippen LogP contribution in [0.4, 0.5) is 5.69 Å². The van der Waals surface area contributed by atoms with Crippen LogP contribution in [-0.2, 0) is 4.79 Å².